The standard InChI is InChI=1S/C11H8N4O4/c12-9(16)8-7(14-15-19-8)11(18)13-10(17)6-4-2-1-3-5-6/h1-5H,(H2,12,16)(H,13,17,18). The van der Waals surface area contributed by atoms with Crippen LogP contribution in [0.2, 0.25) is 0 Å². The lowest BCUT2D eigenvalue weighted by Gasteiger charge is -2.01. The van der Waals surface area contributed by atoms with E-state index in [-0.39, 0.29) is 5.56 Å². The van der Waals surface area contributed by atoms with Gasteiger partial charge in [-0.3, -0.25) is 19.7 Å². The number of carbonyl (C=O) groups excluding carboxylic acids is 3. The van der Waals surface area contributed by atoms with Gasteiger partial charge in [-0.1, -0.05) is 18.2 Å². The van der Waals surface area contributed by atoms with Gasteiger partial charge in [0.2, 0.25) is 5.69 Å². The van der Waals surface area contributed by atoms with Crippen LogP contribution >= 0.6 is 0 Å². The predicted molar refractivity (Wildman–Crippen MR) is 61.1 cm³/mol. The van der Waals surface area contributed by atoms with E-state index in [9.17, 15) is 14.4 Å². The number of nitrogens with two attached hydrogens (primary N) is 1. The van der Waals surface area contributed by atoms with Crippen molar-refractivity contribution in [2.75, 3.05) is 0 Å². The van der Waals surface area contributed by atoms with Gasteiger partial charge in [0.1, 0.15) is 0 Å². The number of hydrogen-bond acceptors (Lipinski definition) is 6. The Morgan fingerprint density at radius 2 is 1.79 bits per heavy atom. The molecule has 0 saturated heterocycles. The summed E-state index contributed by atoms with van der Waals surface area (Å²) in [6, 6.07) is 8.07. The Kier molecular flexibility index (Phi) is 3.33. The van der Waals surface area contributed by atoms with Crippen molar-refractivity contribution in [3.05, 3.63) is 47.3 Å². The van der Waals surface area contributed by atoms with Gasteiger partial charge in [0, 0.05) is 10.8 Å². The van der Waals surface area contributed by atoms with Gasteiger partial charge >= 0.3 is 0 Å². The van der Waals surface area contributed by atoms with Crippen LogP contribution in [0.1, 0.15) is 31.4 Å². The molecule has 3 N–H and O–H groups in total. The normalized spacial score (nSPS) is 9.89. The molecule has 0 aliphatic carbocycles. The average Bonchev–Trinajstić information content (AvgIpc) is 2.89. The van der Waals surface area contributed by atoms with Gasteiger partial charge in [-0.15, -0.1) is 5.10 Å². The molecule has 8 nitrogen and oxygen atoms in total. The minimum Gasteiger partial charge on any atom is -0.363 e. The Labute approximate surface area is 106 Å². The largest absolute Gasteiger partial charge is 0.363 e. The monoisotopic (exact) mass is 260 g/mol. The lowest BCUT2D eigenvalue weighted by molar-refractivity contribution is 0.0837. The van der Waals surface area contributed by atoms with Crippen molar-refractivity contribution < 1.29 is 18.9 Å². The summed E-state index contributed by atoms with van der Waals surface area (Å²) in [6.07, 6.45) is 0. The Morgan fingerprint density at radius 1 is 1.11 bits per heavy atom. The van der Waals surface area contributed by atoms with Crippen LogP contribution in [0, 0.1) is 0 Å². The molecule has 0 unspecified atom stereocenters. The molecule has 1 aromatic carbocycles. The second-order valence-electron chi connectivity index (χ2n) is 3.46. The maximum Gasteiger partial charge on any atom is 0.289 e. The number of rotatable bonds is 3. The van der Waals surface area contributed by atoms with Crippen LogP contribution in [-0.4, -0.2) is 28.1 Å². The lowest BCUT2D eigenvalue weighted by atomic mass is 10.2. The molecule has 0 aliphatic heterocycles. The van der Waals surface area contributed by atoms with Gasteiger partial charge in [0.15, 0.2) is 0 Å². The molecule has 3 amide bonds. The second kappa shape index (κ2) is 5.08. The van der Waals surface area contributed by atoms with Crippen LogP contribution in [0.15, 0.2) is 34.9 Å². The van der Waals surface area contributed by atoms with Gasteiger partial charge in [0.05, 0.1) is 0 Å². The van der Waals surface area contributed by atoms with Crippen LogP contribution < -0.4 is 11.1 Å². The minimum absolute atomic E-state index is 0.285. The molecule has 0 spiro atoms. The highest BCUT2D eigenvalue weighted by atomic mass is 16.5. The third-order valence-corrected chi connectivity index (χ3v) is 2.19. The lowest BCUT2D eigenvalue weighted by Crippen LogP contribution is -2.32. The number of carbonyl (C=O) groups is 3. The van der Waals surface area contributed by atoms with Crippen molar-refractivity contribution in [2.45, 2.75) is 0 Å². The van der Waals surface area contributed by atoms with E-state index in [4.69, 9.17) is 5.73 Å². The summed E-state index contributed by atoms with van der Waals surface area (Å²) in [5, 5.41) is 8.39. The van der Waals surface area contributed by atoms with E-state index in [0.717, 1.165) is 0 Å². The fraction of sp³-hybridized carbons (Fsp3) is 0. The highest BCUT2D eigenvalue weighted by Crippen LogP contribution is 2.04. The molecule has 1 heterocycles. The van der Waals surface area contributed by atoms with Gasteiger partial charge in [-0.05, 0) is 12.1 Å². The molecular formula is C11H8N4O4. The highest BCUT2D eigenvalue weighted by molar-refractivity contribution is 6.12. The molecular weight excluding hydrogens is 252 g/mol. The fourth-order valence-electron chi connectivity index (χ4n) is 1.32. The number of imide groups is 1. The second-order valence-corrected chi connectivity index (χ2v) is 3.46. The van der Waals surface area contributed by atoms with Crippen LogP contribution in [-0.2, 0) is 0 Å². The number of benzene rings is 1. The fourth-order valence-corrected chi connectivity index (χ4v) is 1.32. The number of amides is 3. The number of primary amides is 1. The first kappa shape index (κ1) is 12.4. The Hall–Kier alpha value is -3.03. The summed E-state index contributed by atoms with van der Waals surface area (Å²) in [5.74, 6) is -3.05. The third kappa shape index (κ3) is 2.63. The van der Waals surface area contributed by atoms with Crippen molar-refractivity contribution in [2.24, 2.45) is 5.73 Å². The number of nitrogens with zero attached hydrogens (tertiary/aromatic N) is 2. The predicted octanol–water partition coefficient (Wildman–Crippen LogP) is -0.261. The number of aromatic nitrogens is 2. The van der Waals surface area contributed by atoms with Crippen molar-refractivity contribution in [3.8, 4) is 0 Å². The molecule has 0 aliphatic rings. The van der Waals surface area contributed by atoms with Crippen molar-refractivity contribution in [1.29, 1.82) is 0 Å². The summed E-state index contributed by atoms with van der Waals surface area (Å²) in [4.78, 5) is 34.3. The Balaban J connectivity index is 2.16. The molecule has 0 saturated carbocycles. The summed E-state index contributed by atoms with van der Waals surface area (Å²) >= 11 is 0. The maximum atomic E-state index is 11.7. The Bertz CT molecular complexity index is 635. The van der Waals surface area contributed by atoms with Crippen LogP contribution in [0.4, 0.5) is 0 Å². The molecule has 1 aromatic heterocycles. The first-order valence-electron chi connectivity index (χ1n) is 5.12. The van der Waals surface area contributed by atoms with Crippen LogP contribution in [0.25, 0.3) is 0 Å². The summed E-state index contributed by atoms with van der Waals surface area (Å²) in [7, 11) is 0. The summed E-state index contributed by atoms with van der Waals surface area (Å²) in [5.41, 5.74) is 4.81. The van der Waals surface area contributed by atoms with E-state index < -0.39 is 29.2 Å². The summed E-state index contributed by atoms with van der Waals surface area (Å²) in [6.45, 7) is 0. The van der Waals surface area contributed by atoms with E-state index >= 15 is 0 Å². The van der Waals surface area contributed by atoms with E-state index in [1.807, 2.05) is 5.32 Å². The number of nitrogens with one attached hydrogen (secondary N) is 1. The zero-order valence-corrected chi connectivity index (χ0v) is 9.49. The third-order valence-electron chi connectivity index (χ3n) is 2.19. The summed E-state index contributed by atoms with van der Waals surface area (Å²) < 4.78 is 4.43. The average molecular weight is 260 g/mol. The van der Waals surface area contributed by atoms with Gasteiger partial charge in [-0.2, -0.15) is 0 Å². The molecule has 2 aromatic rings. The molecule has 0 atom stereocenters. The topological polar surface area (TPSA) is 128 Å². The van der Waals surface area contributed by atoms with Crippen molar-refractivity contribution >= 4 is 17.7 Å². The van der Waals surface area contributed by atoms with Crippen molar-refractivity contribution in [1.82, 2.24) is 15.7 Å². The van der Waals surface area contributed by atoms with E-state index in [2.05, 4.69) is 14.9 Å². The smallest absolute Gasteiger partial charge is 0.289 e. The van der Waals surface area contributed by atoms with Crippen molar-refractivity contribution in [3.63, 3.8) is 0 Å². The van der Waals surface area contributed by atoms with E-state index in [1.54, 1.807) is 18.2 Å². The maximum absolute atomic E-state index is 11.7. The molecule has 8 heteroatoms. The molecule has 0 radical (unpaired) electrons. The number of hydrogen-bond donors (Lipinski definition) is 2. The van der Waals surface area contributed by atoms with E-state index in [0.29, 0.717) is 0 Å². The van der Waals surface area contributed by atoms with E-state index in [1.165, 1.54) is 12.1 Å². The first-order valence-corrected chi connectivity index (χ1v) is 5.12. The van der Waals surface area contributed by atoms with Gasteiger partial charge < -0.3 is 10.3 Å². The Morgan fingerprint density at radius 3 is 2.42 bits per heavy atom. The first-order chi connectivity index (χ1) is 9.09. The molecule has 19 heavy (non-hydrogen) atoms. The zero-order chi connectivity index (χ0) is 13.8. The van der Waals surface area contributed by atoms with Crippen LogP contribution in [0.5, 0.6) is 0 Å². The highest BCUT2D eigenvalue weighted by Gasteiger charge is 2.24. The molecule has 2 rings (SSSR count). The van der Waals surface area contributed by atoms with Gasteiger partial charge in [0.25, 0.3) is 23.5 Å². The van der Waals surface area contributed by atoms with Gasteiger partial charge in [-0.25, -0.2) is 0 Å². The zero-order valence-electron chi connectivity index (χ0n) is 9.49. The minimum atomic E-state index is -0.998. The quantitative estimate of drug-likeness (QED) is 0.731. The SMILES string of the molecule is NC(=O)c1onnc1C(=O)NC(=O)c1ccccc1. The molecule has 96 valence electrons. The van der Waals surface area contributed by atoms with Crippen LogP contribution in [0.3, 0.4) is 0 Å². The molecule has 0 bridgehead atoms. The molecule has 0 fully saturated rings.